The van der Waals surface area contributed by atoms with Gasteiger partial charge in [0, 0.05) is 186 Å². The Kier molecular flexibility index (Phi) is 36.8. The number of para-hydroxylation sites is 3. The van der Waals surface area contributed by atoms with Crippen LogP contribution in [0.4, 0.5) is 0 Å². The van der Waals surface area contributed by atoms with Crippen molar-refractivity contribution >= 4 is 130 Å². The van der Waals surface area contributed by atoms with Gasteiger partial charge in [0.25, 0.3) is 0 Å². The number of hydrogen-bond acceptors (Lipinski definition) is 12. The molecule has 0 aliphatic heterocycles. The standard InChI is InChI=1S/2C15H14N2.3C14H12N2.C13H10N2.6C4H10/c1-9-4-6-13-14(17-9)7-5-12-8-10(2)16-11(3)15(12)13;1-9-8-13-10(2)17-14-7-5-4-6-12(14)15(13)11(3)16-9;1-9-3-5-12-13(16-9)6-4-11-7-8-15-10(2)14(11)12;1-9-7-12-10(2)16-14-6-4-3-5-11(14)13(12)8-15-9;1-9-11-7-8-15-10(2)14(11)12-5-3-4-6-13(12)16-9;1-9-13-10(6-8-14-9)4-5-12-11(13)3-2-7-15-12;6*1-4(2)3/h2*4-8H,1-3H3;3*3-8H,1-2H3;2-8H,1H3;6*4H,1-3H3. The van der Waals surface area contributed by atoms with Gasteiger partial charge >= 0.3 is 0 Å². The predicted molar refractivity (Wildman–Crippen MR) is 527 cm³/mol. The minimum atomic E-state index is 0.833. The number of rotatable bonds is 0. The summed E-state index contributed by atoms with van der Waals surface area (Å²) in [5.41, 5.74) is 20.1. The molecule has 12 aromatic heterocycles. The highest BCUT2D eigenvalue weighted by Crippen LogP contribution is 2.33. The Labute approximate surface area is 722 Å². The van der Waals surface area contributed by atoms with E-state index in [1.807, 2.05) is 173 Å². The zero-order valence-electron chi connectivity index (χ0n) is 78.5. The summed E-state index contributed by atoms with van der Waals surface area (Å²) in [6.45, 7) is 65.5. The zero-order chi connectivity index (χ0) is 89.1. The topological polar surface area (TPSA) is 155 Å². The third-order valence-electron chi connectivity index (χ3n) is 17.8. The van der Waals surface area contributed by atoms with Gasteiger partial charge in [0.15, 0.2) is 0 Å². The van der Waals surface area contributed by atoms with Crippen molar-refractivity contribution < 1.29 is 0 Å². The number of hydrogen-bond donors (Lipinski definition) is 0. The van der Waals surface area contributed by atoms with Crippen LogP contribution in [0.15, 0.2) is 213 Å². The van der Waals surface area contributed by atoms with Crippen molar-refractivity contribution in [3.05, 3.63) is 287 Å². The van der Waals surface area contributed by atoms with Crippen LogP contribution >= 0.6 is 0 Å². The van der Waals surface area contributed by atoms with Gasteiger partial charge in [0.2, 0.25) is 0 Å². The molecule has 12 heteroatoms. The zero-order valence-corrected chi connectivity index (χ0v) is 78.5. The molecule has 0 amide bonds. The van der Waals surface area contributed by atoms with E-state index in [2.05, 4.69) is 314 Å². The molecule has 0 spiro atoms. The van der Waals surface area contributed by atoms with E-state index in [0.717, 1.165) is 143 Å². The van der Waals surface area contributed by atoms with Crippen LogP contribution in [0.2, 0.25) is 0 Å². The summed E-state index contributed by atoms with van der Waals surface area (Å²) in [4.78, 5) is 53.9. The molecule has 0 N–H and O–H groups in total. The second kappa shape index (κ2) is 46.1. The summed E-state index contributed by atoms with van der Waals surface area (Å²) in [5.74, 6) is 5.00. The van der Waals surface area contributed by atoms with Gasteiger partial charge in [-0.2, -0.15) is 0 Å². The van der Waals surface area contributed by atoms with Crippen LogP contribution in [0, 0.1) is 126 Å². The second-order valence-corrected chi connectivity index (χ2v) is 35.2. The molecule has 630 valence electrons. The molecule has 6 aromatic carbocycles. The molecule has 121 heavy (non-hydrogen) atoms. The Bertz CT molecular complexity index is 6360. The molecule has 0 atom stereocenters. The van der Waals surface area contributed by atoms with Crippen molar-refractivity contribution in [1.29, 1.82) is 0 Å². The summed E-state index contributed by atoms with van der Waals surface area (Å²) in [7, 11) is 0. The van der Waals surface area contributed by atoms with Crippen LogP contribution in [0.3, 0.4) is 0 Å². The van der Waals surface area contributed by atoms with Gasteiger partial charge in [-0.25, -0.2) is 0 Å². The van der Waals surface area contributed by atoms with Crippen LogP contribution in [-0.4, -0.2) is 59.8 Å². The SMILES string of the molecule is CC(C)C.CC(C)C.CC(C)C.CC(C)C.CC(C)C.CC(C)C.Cc1cc2c(C)nc3ccccc3c2c(C)n1.Cc1cc2c(C)nc3ccccc3c2cn1.Cc1cc2ccc3nc(C)ccc3c2c(C)n1.Cc1ccc2c(ccc3ccnc(C)c32)n1.Cc1nc2ccccc2c2c(C)nccc12.Cc1nccc2ccc3ncccc3c12. The van der Waals surface area contributed by atoms with Crippen molar-refractivity contribution in [3.63, 3.8) is 0 Å². The summed E-state index contributed by atoms with van der Waals surface area (Å²) in [6.07, 6.45) is 9.31. The molecule has 0 bridgehead atoms. The first-order valence-electron chi connectivity index (χ1n) is 43.1. The van der Waals surface area contributed by atoms with Crippen molar-refractivity contribution in [2.45, 2.75) is 215 Å². The molecule has 12 nitrogen and oxygen atoms in total. The molecule has 0 saturated heterocycles. The summed E-state index contributed by atoms with van der Waals surface area (Å²) in [6, 6.07) is 62.1. The van der Waals surface area contributed by atoms with E-state index in [0.29, 0.717) is 0 Å². The average molecular weight is 1610 g/mol. The first-order chi connectivity index (χ1) is 57.3. The highest BCUT2D eigenvalue weighted by Gasteiger charge is 2.13. The fourth-order valence-corrected chi connectivity index (χ4v) is 13.4. The minimum Gasteiger partial charge on any atom is -0.261 e. The minimum absolute atomic E-state index is 0.833. The van der Waals surface area contributed by atoms with Crippen LogP contribution in [0.1, 0.15) is 199 Å². The van der Waals surface area contributed by atoms with Crippen LogP contribution in [-0.2, 0) is 0 Å². The van der Waals surface area contributed by atoms with Crippen molar-refractivity contribution in [1.82, 2.24) is 59.8 Å². The first kappa shape index (κ1) is 96.4. The van der Waals surface area contributed by atoms with Gasteiger partial charge in [0.1, 0.15) is 0 Å². The highest BCUT2D eigenvalue weighted by molar-refractivity contribution is 6.12. The largest absolute Gasteiger partial charge is 0.261 e. The molecule has 18 aromatic rings. The average Bonchev–Trinajstić information content (AvgIpc) is 0.767. The first-order valence-corrected chi connectivity index (χ1v) is 43.1. The molecular formula is C109H134N12. The van der Waals surface area contributed by atoms with E-state index in [-0.39, 0.29) is 0 Å². The number of pyridine rings is 12. The van der Waals surface area contributed by atoms with Gasteiger partial charge in [0.05, 0.1) is 33.1 Å². The Balaban J connectivity index is 0.000000190. The van der Waals surface area contributed by atoms with Crippen LogP contribution in [0.5, 0.6) is 0 Å². The van der Waals surface area contributed by atoms with E-state index in [4.69, 9.17) is 0 Å². The molecule has 18 rings (SSSR count). The molecular weight excluding hydrogens is 1480 g/mol. The normalized spacial score (nSPS) is 10.7. The third kappa shape index (κ3) is 28.2. The van der Waals surface area contributed by atoms with E-state index in [1.54, 1.807) is 0 Å². The number of nitrogens with zero attached hydrogens (tertiary/aromatic N) is 12. The predicted octanol–water partition coefficient (Wildman–Crippen LogP) is 30.7. The molecule has 0 fully saturated rings. The van der Waals surface area contributed by atoms with Gasteiger partial charge < -0.3 is 0 Å². The van der Waals surface area contributed by atoms with Crippen molar-refractivity contribution in [3.8, 4) is 0 Å². The second-order valence-electron chi connectivity index (χ2n) is 35.2. The Morgan fingerprint density at radius 2 is 0.496 bits per heavy atom. The summed E-state index contributed by atoms with van der Waals surface area (Å²) in [5, 5.41) is 21.7. The number of benzene rings is 6. The van der Waals surface area contributed by atoms with Crippen LogP contribution < -0.4 is 0 Å². The molecule has 0 aliphatic rings. The quantitative estimate of drug-likeness (QED) is 0.133. The fourth-order valence-electron chi connectivity index (χ4n) is 13.4. The Hall–Kier alpha value is -11.8. The summed E-state index contributed by atoms with van der Waals surface area (Å²) >= 11 is 0. The van der Waals surface area contributed by atoms with Crippen LogP contribution in [0.25, 0.3) is 130 Å². The van der Waals surface area contributed by atoms with E-state index >= 15 is 0 Å². The molecule has 0 saturated carbocycles. The lowest BCUT2D eigenvalue weighted by Gasteiger charge is -2.09. The molecule has 0 unspecified atom stereocenters. The maximum Gasteiger partial charge on any atom is 0.0712 e. The van der Waals surface area contributed by atoms with E-state index in [1.165, 1.54) is 97.0 Å². The Morgan fingerprint density at radius 3 is 0.967 bits per heavy atom. The number of aromatic nitrogens is 12. The van der Waals surface area contributed by atoms with Gasteiger partial charge in [-0.15, -0.1) is 0 Å². The fraction of sp³-hybridized carbons (Fsp3) is 0.339. The lowest BCUT2D eigenvalue weighted by Crippen LogP contribution is -1.94. The smallest absolute Gasteiger partial charge is 0.0712 e. The van der Waals surface area contributed by atoms with Gasteiger partial charge in [-0.05, 0) is 233 Å². The van der Waals surface area contributed by atoms with E-state index in [9.17, 15) is 0 Å². The maximum atomic E-state index is 4.66. The lowest BCUT2D eigenvalue weighted by molar-refractivity contribution is 0.736. The van der Waals surface area contributed by atoms with Gasteiger partial charge in [-0.1, -0.05) is 216 Å². The van der Waals surface area contributed by atoms with Crippen molar-refractivity contribution in [2.24, 2.45) is 35.5 Å². The molecule has 0 aliphatic carbocycles. The summed E-state index contributed by atoms with van der Waals surface area (Å²) < 4.78 is 0. The molecule has 12 heterocycles. The maximum absolute atomic E-state index is 4.66. The third-order valence-corrected chi connectivity index (χ3v) is 17.8. The number of aryl methyl sites for hydroxylation is 13. The monoisotopic (exact) mass is 1610 g/mol. The van der Waals surface area contributed by atoms with E-state index < -0.39 is 0 Å². The molecule has 0 radical (unpaired) electrons. The number of fused-ring (bicyclic) bond motifs is 18. The van der Waals surface area contributed by atoms with Crippen molar-refractivity contribution in [2.75, 3.05) is 0 Å². The highest BCUT2D eigenvalue weighted by atomic mass is 14.8. The van der Waals surface area contributed by atoms with Gasteiger partial charge in [-0.3, -0.25) is 59.8 Å². The lowest BCUT2D eigenvalue weighted by atomic mass is 10.0. The Morgan fingerprint density at radius 1 is 0.174 bits per heavy atom.